The number of benzene rings is 1. The summed E-state index contributed by atoms with van der Waals surface area (Å²) in [5, 5.41) is 3.55. The predicted molar refractivity (Wildman–Crippen MR) is 101 cm³/mol. The molecule has 2 heterocycles. The van der Waals surface area contributed by atoms with Crippen molar-refractivity contribution in [3.8, 4) is 5.75 Å². The third kappa shape index (κ3) is 4.12. The lowest BCUT2D eigenvalue weighted by Gasteiger charge is -2.29. The van der Waals surface area contributed by atoms with Gasteiger partial charge in [-0.2, -0.15) is 0 Å². The number of hydrogen-bond acceptors (Lipinski definition) is 4. The topological polar surface area (TPSA) is 58.6 Å². The number of hydrogen-bond donors (Lipinski definition) is 1. The summed E-state index contributed by atoms with van der Waals surface area (Å²) in [6, 6.07) is 4.86. The first-order valence-corrected chi connectivity index (χ1v) is 9.61. The molecule has 1 aromatic carbocycles. The van der Waals surface area contributed by atoms with Crippen LogP contribution in [0, 0.1) is 0 Å². The van der Waals surface area contributed by atoms with Gasteiger partial charge in [0.15, 0.2) is 0 Å². The number of carbonyl (C=O) groups excluding carboxylic acids is 2. The summed E-state index contributed by atoms with van der Waals surface area (Å²) in [7, 11) is 0. The average molecular weight is 381 g/mol. The Balaban J connectivity index is 1.79. The van der Waals surface area contributed by atoms with Gasteiger partial charge in [0.1, 0.15) is 18.4 Å². The summed E-state index contributed by atoms with van der Waals surface area (Å²) in [4.78, 5) is 27.1. The van der Waals surface area contributed by atoms with Crippen LogP contribution in [0.2, 0.25) is 5.02 Å². The molecule has 1 atom stereocenters. The maximum Gasteiger partial charge on any atom is 0.254 e. The molecule has 7 heteroatoms. The average Bonchev–Trinajstić information content (AvgIpc) is 3.01. The van der Waals surface area contributed by atoms with Crippen molar-refractivity contribution in [1.82, 2.24) is 10.2 Å². The lowest BCUT2D eigenvalue weighted by Crippen LogP contribution is -2.52. The summed E-state index contributed by atoms with van der Waals surface area (Å²) in [5.74, 6) is 1.53. The first kappa shape index (κ1) is 18.1. The summed E-state index contributed by atoms with van der Waals surface area (Å²) in [6.45, 7) is 5.98. The number of rotatable bonds is 2. The highest BCUT2D eigenvalue weighted by atomic mass is 35.5. The van der Waals surface area contributed by atoms with Gasteiger partial charge in [-0.1, -0.05) is 11.6 Å². The van der Waals surface area contributed by atoms with Crippen LogP contribution in [0.1, 0.15) is 26.3 Å². The van der Waals surface area contributed by atoms with E-state index in [1.54, 1.807) is 40.9 Å². The third-order valence-electron chi connectivity index (χ3n) is 3.90. The van der Waals surface area contributed by atoms with Crippen LogP contribution >= 0.6 is 23.4 Å². The molecule has 0 saturated carbocycles. The molecule has 3 rings (SSSR count). The van der Waals surface area contributed by atoms with E-state index in [1.807, 2.05) is 20.8 Å². The van der Waals surface area contributed by atoms with Crippen molar-refractivity contribution in [2.24, 2.45) is 0 Å². The van der Waals surface area contributed by atoms with Gasteiger partial charge in [0, 0.05) is 21.9 Å². The fourth-order valence-corrected chi connectivity index (χ4v) is 4.10. The van der Waals surface area contributed by atoms with E-state index < -0.39 is 6.04 Å². The number of halogens is 1. The van der Waals surface area contributed by atoms with Crippen molar-refractivity contribution < 1.29 is 14.3 Å². The normalized spacial score (nSPS) is 19.8. The van der Waals surface area contributed by atoms with Crippen molar-refractivity contribution in [3.63, 3.8) is 0 Å². The van der Waals surface area contributed by atoms with Gasteiger partial charge in [0.05, 0.1) is 11.4 Å². The highest BCUT2D eigenvalue weighted by Gasteiger charge is 2.37. The highest BCUT2D eigenvalue weighted by molar-refractivity contribution is 7.99. The second kappa shape index (κ2) is 6.92. The van der Waals surface area contributed by atoms with Gasteiger partial charge >= 0.3 is 0 Å². The summed E-state index contributed by atoms with van der Waals surface area (Å²) >= 11 is 7.60. The minimum Gasteiger partial charge on any atom is -0.488 e. The Bertz CT molecular complexity index is 742. The van der Waals surface area contributed by atoms with Crippen LogP contribution in [0.3, 0.4) is 0 Å². The standard InChI is InChI=1S/C18H21ClN2O3S/c1-18(2,3)20-16(22)14-9-25-10-21(14)17(23)12-6-11-7-13(19)4-5-15(11)24-8-12/h4-7,14H,8-10H2,1-3H3,(H,20,22). The molecule has 2 aliphatic heterocycles. The Kier molecular flexibility index (Phi) is 5.02. The number of nitrogens with zero attached hydrogens (tertiary/aromatic N) is 1. The van der Waals surface area contributed by atoms with Gasteiger partial charge in [-0.15, -0.1) is 11.8 Å². The van der Waals surface area contributed by atoms with Crippen LogP contribution in [0.15, 0.2) is 23.8 Å². The van der Waals surface area contributed by atoms with E-state index in [0.717, 1.165) is 5.56 Å². The van der Waals surface area contributed by atoms with Crippen LogP contribution in [0.5, 0.6) is 5.75 Å². The number of carbonyl (C=O) groups is 2. The monoisotopic (exact) mass is 380 g/mol. The second-order valence-electron chi connectivity index (χ2n) is 7.17. The molecule has 2 aliphatic rings. The van der Waals surface area contributed by atoms with Crippen molar-refractivity contribution in [2.75, 3.05) is 18.2 Å². The van der Waals surface area contributed by atoms with Crippen molar-refractivity contribution in [3.05, 3.63) is 34.4 Å². The Morgan fingerprint density at radius 1 is 1.36 bits per heavy atom. The molecule has 1 N–H and O–H groups in total. The van der Waals surface area contributed by atoms with Gasteiger partial charge in [0.25, 0.3) is 5.91 Å². The van der Waals surface area contributed by atoms with Crippen molar-refractivity contribution in [1.29, 1.82) is 0 Å². The van der Waals surface area contributed by atoms with Crippen LogP contribution in [0.4, 0.5) is 0 Å². The first-order valence-electron chi connectivity index (χ1n) is 8.08. The Labute approximate surface area is 156 Å². The van der Waals surface area contributed by atoms with Gasteiger partial charge < -0.3 is 15.0 Å². The van der Waals surface area contributed by atoms with E-state index in [1.165, 1.54) is 0 Å². The third-order valence-corrected chi connectivity index (χ3v) is 5.15. The zero-order valence-corrected chi connectivity index (χ0v) is 16.0. The summed E-state index contributed by atoms with van der Waals surface area (Å²) in [5.41, 5.74) is 0.984. The van der Waals surface area contributed by atoms with Crippen molar-refractivity contribution in [2.45, 2.75) is 32.4 Å². The zero-order chi connectivity index (χ0) is 18.2. The molecule has 25 heavy (non-hydrogen) atoms. The van der Waals surface area contributed by atoms with Gasteiger partial charge in [-0.3, -0.25) is 9.59 Å². The SMILES string of the molecule is CC(C)(C)NC(=O)C1CSCN1C(=O)C1=Cc2cc(Cl)ccc2OC1. The smallest absolute Gasteiger partial charge is 0.254 e. The Hall–Kier alpha value is -1.66. The number of amides is 2. The molecule has 0 spiro atoms. The van der Waals surface area contributed by atoms with E-state index in [9.17, 15) is 9.59 Å². The largest absolute Gasteiger partial charge is 0.488 e. The number of thioether (sulfide) groups is 1. The number of ether oxygens (including phenoxy) is 1. The maximum atomic E-state index is 12.9. The van der Waals surface area contributed by atoms with E-state index in [2.05, 4.69) is 5.32 Å². The molecule has 0 bridgehead atoms. The van der Waals surface area contributed by atoms with E-state index in [4.69, 9.17) is 16.3 Å². The summed E-state index contributed by atoms with van der Waals surface area (Å²) < 4.78 is 5.67. The number of fused-ring (bicyclic) bond motifs is 1. The van der Waals surface area contributed by atoms with Gasteiger partial charge in [-0.05, 0) is 45.0 Å². The molecule has 0 radical (unpaired) electrons. The minimum absolute atomic E-state index is 0.119. The molecule has 0 aromatic heterocycles. The van der Waals surface area contributed by atoms with Crippen LogP contribution < -0.4 is 10.1 Å². The fraction of sp³-hybridized carbons (Fsp3) is 0.444. The van der Waals surface area contributed by atoms with E-state index in [-0.39, 0.29) is 24.0 Å². The van der Waals surface area contributed by atoms with E-state index >= 15 is 0 Å². The molecule has 1 fully saturated rings. The Morgan fingerprint density at radius 3 is 2.84 bits per heavy atom. The van der Waals surface area contributed by atoms with Gasteiger partial charge in [-0.25, -0.2) is 0 Å². The molecular formula is C18H21ClN2O3S. The van der Waals surface area contributed by atoms with Gasteiger partial charge in [0.2, 0.25) is 5.91 Å². The predicted octanol–water partition coefficient (Wildman–Crippen LogP) is 2.93. The zero-order valence-electron chi connectivity index (χ0n) is 14.5. The molecular weight excluding hydrogens is 360 g/mol. The van der Waals surface area contributed by atoms with Crippen LogP contribution in [-0.4, -0.2) is 46.5 Å². The van der Waals surface area contributed by atoms with Crippen LogP contribution in [0.25, 0.3) is 6.08 Å². The first-order chi connectivity index (χ1) is 11.7. The molecule has 0 aliphatic carbocycles. The second-order valence-corrected chi connectivity index (χ2v) is 8.61. The van der Waals surface area contributed by atoms with Crippen LogP contribution in [-0.2, 0) is 9.59 Å². The molecule has 5 nitrogen and oxygen atoms in total. The minimum atomic E-state index is -0.460. The molecule has 2 amide bonds. The molecule has 1 unspecified atom stereocenters. The summed E-state index contributed by atoms with van der Waals surface area (Å²) in [6.07, 6.45) is 1.80. The Morgan fingerprint density at radius 2 is 2.12 bits per heavy atom. The lowest BCUT2D eigenvalue weighted by atomic mass is 10.1. The number of nitrogens with one attached hydrogen (secondary N) is 1. The maximum absolute atomic E-state index is 12.9. The fourth-order valence-electron chi connectivity index (χ4n) is 2.77. The highest BCUT2D eigenvalue weighted by Crippen LogP contribution is 2.31. The molecule has 1 saturated heterocycles. The lowest BCUT2D eigenvalue weighted by molar-refractivity contribution is -0.136. The quantitative estimate of drug-likeness (QED) is 0.857. The van der Waals surface area contributed by atoms with Crippen molar-refractivity contribution >= 4 is 41.3 Å². The van der Waals surface area contributed by atoms with E-state index in [0.29, 0.717) is 28.0 Å². The molecule has 134 valence electrons. The molecule has 1 aromatic rings.